The lowest BCUT2D eigenvalue weighted by atomic mass is 9.91. The van der Waals surface area contributed by atoms with Gasteiger partial charge in [-0.2, -0.15) is 0 Å². The molecule has 3 aromatic rings. The number of benzene rings is 2. The molecule has 0 radical (unpaired) electrons. The van der Waals surface area contributed by atoms with E-state index in [4.69, 9.17) is 23.4 Å². The second-order valence-corrected chi connectivity index (χ2v) is 10.6. The first kappa shape index (κ1) is 30.8. The average Bonchev–Trinajstić information content (AvgIpc) is 2.96. The van der Waals surface area contributed by atoms with Gasteiger partial charge in [-0.05, 0) is 25.1 Å². The summed E-state index contributed by atoms with van der Waals surface area (Å²) in [5.74, 6) is -3.84. The molecular weight excluding hydrogens is 576 g/mol. The summed E-state index contributed by atoms with van der Waals surface area (Å²) in [5, 5.41) is 91.6. The highest BCUT2D eigenvalue weighted by Gasteiger charge is 2.46. The van der Waals surface area contributed by atoms with E-state index in [9.17, 15) is 50.8 Å². The van der Waals surface area contributed by atoms with Gasteiger partial charge in [0.15, 0.2) is 23.5 Å². The van der Waals surface area contributed by atoms with Gasteiger partial charge in [-0.15, -0.1) is 0 Å². The lowest BCUT2D eigenvalue weighted by Crippen LogP contribution is -2.59. The number of hydrogen-bond acceptors (Lipinski definition) is 15. The van der Waals surface area contributed by atoms with Gasteiger partial charge >= 0.3 is 0 Å². The Labute approximate surface area is 242 Å². The summed E-state index contributed by atoms with van der Waals surface area (Å²) in [6, 6.07) is 5.42. The van der Waals surface area contributed by atoms with Gasteiger partial charge in [-0.3, -0.25) is 4.79 Å². The molecule has 0 amide bonds. The number of aliphatic hydroxyl groups is 5. The molecule has 0 aliphatic carbocycles. The van der Waals surface area contributed by atoms with Crippen molar-refractivity contribution in [2.24, 2.45) is 5.92 Å². The van der Waals surface area contributed by atoms with Gasteiger partial charge in [0.1, 0.15) is 46.9 Å². The lowest BCUT2D eigenvalue weighted by molar-refractivity contribution is -0.313. The normalized spacial score (nSPS) is 33.0. The molecule has 2 fully saturated rings. The van der Waals surface area contributed by atoms with Crippen LogP contribution in [0.25, 0.3) is 22.3 Å². The lowest BCUT2D eigenvalue weighted by Gasteiger charge is -2.43. The Bertz CT molecular complexity index is 1540. The SMILES string of the molecule is CC1O[C@@H](OCC2O[C@@H](Oc3c(-c4ccc(O)c(O)c4)oc4cc(O)cc(O)c4c3=O)C(O)C(O)[C@@H]2C)C(O)[C@@H](O)[C@H]1O. The third-order valence-electron chi connectivity index (χ3n) is 7.69. The maximum atomic E-state index is 13.6. The third kappa shape index (κ3) is 5.69. The van der Waals surface area contributed by atoms with Crippen molar-refractivity contribution in [3.63, 3.8) is 0 Å². The Morgan fingerprint density at radius 1 is 0.767 bits per heavy atom. The van der Waals surface area contributed by atoms with Crippen LogP contribution >= 0.6 is 0 Å². The van der Waals surface area contributed by atoms with Crippen molar-refractivity contribution in [3.8, 4) is 40.1 Å². The summed E-state index contributed by atoms with van der Waals surface area (Å²) < 4.78 is 28.5. The zero-order valence-corrected chi connectivity index (χ0v) is 22.8. The Morgan fingerprint density at radius 2 is 1.47 bits per heavy atom. The van der Waals surface area contributed by atoms with E-state index in [2.05, 4.69) is 0 Å². The number of phenols is 4. The summed E-state index contributed by atoms with van der Waals surface area (Å²) in [5.41, 5.74) is -1.20. The third-order valence-corrected chi connectivity index (χ3v) is 7.69. The maximum absolute atomic E-state index is 13.6. The molecule has 9 N–H and O–H groups in total. The average molecular weight is 609 g/mol. The van der Waals surface area contributed by atoms with E-state index >= 15 is 0 Å². The molecule has 15 heteroatoms. The van der Waals surface area contributed by atoms with E-state index < -0.39 is 101 Å². The molecule has 5 unspecified atom stereocenters. The fourth-order valence-corrected chi connectivity index (χ4v) is 5.04. The molecule has 234 valence electrons. The summed E-state index contributed by atoms with van der Waals surface area (Å²) in [6.07, 6.45) is -12.7. The molecular formula is C28H32O15. The van der Waals surface area contributed by atoms with E-state index in [-0.39, 0.29) is 23.5 Å². The number of phenolic OH excluding ortho intramolecular Hbond substituents is 4. The van der Waals surface area contributed by atoms with Crippen LogP contribution in [0.15, 0.2) is 39.5 Å². The number of aliphatic hydroxyl groups excluding tert-OH is 5. The van der Waals surface area contributed by atoms with E-state index in [1.54, 1.807) is 0 Å². The van der Waals surface area contributed by atoms with Crippen LogP contribution in [0.1, 0.15) is 13.8 Å². The number of ether oxygens (including phenoxy) is 4. The number of fused-ring (bicyclic) bond motifs is 1. The summed E-state index contributed by atoms with van der Waals surface area (Å²) >= 11 is 0. The van der Waals surface area contributed by atoms with Gasteiger partial charge < -0.3 is 69.3 Å². The van der Waals surface area contributed by atoms with E-state index in [1.165, 1.54) is 19.9 Å². The standard InChI is InChI=1S/C28H32O15/c1-9-17(8-39-27-24(38)22(36)20(34)10(2)40-27)42-28(23(37)19(9)33)43-26-21(35)18-15(32)6-12(29)7-16(18)41-25(26)11-3-4-13(30)14(31)5-11/h3-7,9-10,17,19-20,22-24,27-34,36-38H,8H2,1-2H3/t9-,10?,17?,19?,20+,22+,23?,24?,27-,28+/m1/s1. The van der Waals surface area contributed by atoms with E-state index in [1.807, 2.05) is 0 Å². The Hall–Kier alpha value is -3.67. The molecule has 1 aromatic heterocycles. The Balaban J connectivity index is 1.48. The van der Waals surface area contributed by atoms with Crippen LogP contribution in [0.4, 0.5) is 0 Å². The molecule has 0 saturated carbocycles. The second-order valence-electron chi connectivity index (χ2n) is 10.6. The quantitative estimate of drug-likeness (QED) is 0.161. The molecule has 10 atom stereocenters. The van der Waals surface area contributed by atoms with Crippen LogP contribution in [-0.2, 0) is 14.2 Å². The Kier molecular flexibility index (Phi) is 8.43. The van der Waals surface area contributed by atoms with Crippen LogP contribution in [0, 0.1) is 5.92 Å². The van der Waals surface area contributed by atoms with Crippen LogP contribution in [0.5, 0.6) is 28.7 Å². The molecule has 0 spiro atoms. The summed E-state index contributed by atoms with van der Waals surface area (Å²) in [4.78, 5) is 13.6. The first-order valence-electron chi connectivity index (χ1n) is 13.3. The molecule has 2 saturated heterocycles. The molecule has 15 nitrogen and oxygen atoms in total. The maximum Gasteiger partial charge on any atom is 0.239 e. The van der Waals surface area contributed by atoms with Crippen molar-refractivity contribution in [3.05, 3.63) is 40.6 Å². The fourth-order valence-electron chi connectivity index (χ4n) is 5.04. The highest BCUT2D eigenvalue weighted by atomic mass is 16.7. The molecule has 5 rings (SSSR count). The minimum atomic E-state index is -1.73. The predicted octanol–water partition coefficient (Wildman–Crippen LogP) is -0.412. The minimum Gasteiger partial charge on any atom is -0.508 e. The first-order valence-corrected chi connectivity index (χ1v) is 13.3. The minimum absolute atomic E-state index is 0.0181. The molecule has 0 bridgehead atoms. The van der Waals surface area contributed by atoms with Gasteiger partial charge in [0.2, 0.25) is 17.5 Å². The smallest absolute Gasteiger partial charge is 0.239 e. The van der Waals surface area contributed by atoms with Crippen molar-refractivity contribution in [2.45, 2.75) is 69.2 Å². The van der Waals surface area contributed by atoms with E-state index in [0.717, 1.165) is 24.3 Å². The first-order chi connectivity index (χ1) is 20.3. The van der Waals surface area contributed by atoms with Gasteiger partial charge in [0.05, 0.1) is 24.9 Å². The van der Waals surface area contributed by atoms with Crippen LogP contribution < -0.4 is 10.2 Å². The Morgan fingerprint density at radius 3 is 2.16 bits per heavy atom. The summed E-state index contributed by atoms with van der Waals surface area (Å²) in [7, 11) is 0. The molecule has 3 heterocycles. The van der Waals surface area contributed by atoms with Crippen LogP contribution in [0.2, 0.25) is 0 Å². The summed E-state index contributed by atoms with van der Waals surface area (Å²) in [6.45, 7) is 2.66. The van der Waals surface area contributed by atoms with Crippen LogP contribution in [-0.4, -0.2) is 108 Å². The largest absolute Gasteiger partial charge is 0.508 e. The second kappa shape index (κ2) is 11.8. The van der Waals surface area contributed by atoms with Gasteiger partial charge in [-0.1, -0.05) is 6.92 Å². The fraction of sp³-hybridized carbons (Fsp3) is 0.464. The number of hydrogen-bond donors (Lipinski definition) is 9. The number of aromatic hydroxyl groups is 4. The molecule has 2 aliphatic rings. The predicted molar refractivity (Wildman–Crippen MR) is 143 cm³/mol. The topological polar surface area (TPSA) is 249 Å². The zero-order chi connectivity index (χ0) is 31.3. The van der Waals surface area contributed by atoms with Crippen LogP contribution in [0.3, 0.4) is 0 Å². The molecule has 43 heavy (non-hydrogen) atoms. The zero-order valence-electron chi connectivity index (χ0n) is 22.8. The monoisotopic (exact) mass is 608 g/mol. The highest BCUT2D eigenvalue weighted by molar-refractivity contribution is 5.88. The van der Waals surface area contributed by atoms with Crippen molar-refractivity contribution >= 4 is 11.0 Å². The molecule has 2 aliphatic heterocycles. The van der Waals surface area contributed by atoms with Crippen molar-refractivity contribution in [1.82, 2.24) is 0 Å². The number of rotatable bonds is 6. The van der Waals surface area contributed by atoms with E-state index in [0.29, 0.717) is 0 Å². The van der Waals surface area contributed by atoms with Gasteiger partial charge in [0.25, 0.3) is 0 Å². The highest BCUT2D eigenvalue weighted by Crippen LogP contribution is 2.39. The van der Waals surface area contributed by atoms with Crippen molar-refractivity contribution < 1.29 is 69.3 Å². The van der Waals surface area contributed by atoms with Crippen molar-refractivity contribution in [2.75, 3.05) is 6.61 Å². The molecule has 2 aromatic carbocycles. The van der Waals surface area contributed by atoms with Gasteiger partial charge in [-0.25, -0.2) is 0 Å². The van der Waals surface area contributed by atoms with Gasteiger partial charge in [0, 0.05) is 23.6 Å². The van der Waals surface area contributed by atoms with Crippen molar-refractivity contribution in [1.29, 1.82) is 0 Å².